The highest BCUT2D eigenvalue weighted by Gasteiger charge is 2.18. The molecule has 2 rings (SSSR count). The summed E-state index contributed by atoms with van der Waals surface area (Å²) < 4.78 is 28.7. The molecule has 0 bridgehead atoms. The number of hydrogen-bond acceptors (Lipinski definition) is 4. The summed E-state index contributed by atoms with van der Waals surface area (Å²) >= 11 is 9.74. The Bertz CT molecular complexity index is 742. The zero-order chi connectivity index (χ0) is 14.9. The lowest BCUT2D eigenvalue weighted by Gasteiger charge is -2.12. The van der Waals surface area contributed by atoms with Crippen LogP contribution in [0.2, 0.25) is 0 Å². The Morgan fingerprint density at radius 3 is 2.20 bits per heavy atom. The number of hydrogen-bond donors (Lipinski definition) is 2. The third-order valence-corrected chi connectivity index (χ3v) is 5.29. The Labute approximate surface area is 141 Å². The first-order chi connectivity index (χ1) is 9.29. The van der Waals surface area contributed by atoms with E-state index >= 15 is 0 Å². The lowest BCUT2D eigenvalue weighted by atomic mass is 10.3. The molecule has 0 aliphatic heterocycles. The number of halogens is 3. The van der Waals surface area contributed by atoms with E-state index in [9.17, 15) is 8.42 Å². The number of nitrogens with zero attached hydrogens (tertiary/aromatic N) is 1. The molecule has 5 nitrogen and oxygen atoms in total. The largest absolute Gasteiger partial charge is 0.399 e. The van der Waals surface area contributed by atoms with Crippen molar-refractivity contribution < 1.29 is 8.42 Å². The molecule has 3 N–H and O–H groups in total. The molecule has 2 aromatic rings. The average molecular weight is 486 g/mol. The van der Waals surface area contributed by atoms with Gasteiger partial charge in [0.1, 0.15) is 4.90 Å². The fourth-order valence-electron chi connectivity index (χ4n) is 1.42. The minimum absolute atomic E-state index is 0.0579. The number of pyridine rings is 1. The molecule has 1 aromatic carbocycles. The molecule has 0 fully saturated rings. The molecule has 1 heterocycles. The third kappa shape index (κ3) is 3.51. The van der Waals surface area contributed by atoms with Gasteiger partial charge in [0.05, 0.1) is 5.69 Å². The van der Waals surface area contributed by atoms with Gasteiger partial charge in [-0.05, 0) is 66.0 Å². The van der Waals surface area contributed by atoms with Crippen LogP contribution in [0.5, 0.6) is 0 Å². The van der Waals surface area contributed by atoms with Crippen molar-refractivity contribution in [3.05, 3.63) is 44.0 Å². The number of sulfonamides is 1. The lowest BCUT2D eigenvalue weighted by Crippen LogP contribution is -2.14. The number of rotatable bonds is 3. The van der Waals surface area contributed by atoms with Crippen molar-refractivity contribution in [3.63, 3.8) is 0 Å². The van der Waals surface area contributed by atoms with Gasteiger partial charge < -0.3 is 5.73 Å². The molecule has 0 amide bonds. The highest BCUT2D eigenvalue weighted by Crippen LogP contribution is 2.35. The second kappa shape index (κ2) is 6.00. The zero-order valence-corrected chi connectivity index (χ0v) is 15.3. The Kier molecular flexibility index (Phi) is 4.73. The maximum Gasteiger partial charge on any atom is 0.263 e. The van der Waals surface area contributed by atoms with Gasteiger partial charge >= 0.3 is 0 Å². The maximum atomic E-state index is 12.3. The van der Waals surface area contributed by atoms with Crippen molar-refractivity contribution in [2.45, 2.75) is 4.90 Å². The molecule has 0 radical (unpaired) electrons. The standard InChI is InChI=1S/C11H8Br3N3O2S/c12-6-1-8(5-16-4-6)20(18,19)17-11-9(13)2-7(15)3-10(11)14/h1-5,17H,15H2. The second-order valence-corrected chi connectivity index (χ2v) is 8.11. The third-order valence-electron chi connectivity index (χ3n) is 2.29. The minimum atomic E-state index is -3.74. The highest BCUT2D eigenvalue weighted by atomic mass is 79.9. The molecule has 106 valence electrons. The molecule has 0 aliphatic rings. The van der Waals surface area contributed by atoms with E-state index in [0.717, 1.165) is 0 Å². The van der Waals surface area contributed by atoms with Gasteiger partial charge in [-0.25, -0.2) is 8.42 Å². The van der Waals surface area contributed by atoms with E-state index in [1.807, 2.05) is 0 Å². The van der Waals surface area contributed by atoms with Crippen LogP contribution in [0.15, 0.2) is 48.9 Å². The van der Waals surface area contributed by atoms with Crippen LogP contribution in [0.4, 0.5) is 11.4 Å². The summed E-state index contributed by atoms with van der Waals surface area (Å²) in [4.78, 5) is 3.90. The Balaban J connectivity index is 2.44. The Morgan fingerprint density at radius 2 is 1.65 bits per heavy atom. The lowest BCUT2D eigenvalue weighted by molar-refractivity contribution is 0.600. The number of benzene rings is 1. The Morgan fingerprint density at radius 1 is 1.05 bits per heavy atom. The second-order valence-electron chi connectivity index (χ2n) is 3.80. The van der Waals surface area contributed by atoms with E-state index < -0.39 is 10.0 Å². The number of nitrogens with one attached hydrogen (secondary N) is 1. The van der Waals surface area contributed by atoms with E-state index in [4.69, 9.17) is 5.73 Å². The summed E-state index contributed by atoms with van der Waals surface area (Å²) in [5, 5.41) is 0. The number of nitrogen functional groups attached to an aromatic ring is 1. The van der Waals surface area contributed by atoms with Crippen LogP contribution in [0.1, 0.15) is 0 Å². The van der Waals surface area contributed by atoms with E-state index in [2.05, 4.69) is 57.5 Å². The number of aromatic nitrogens is 1. The number of anilines is 2. The van der Waals surface area contributed by atoms with Crippen molar-refractivity contribution in [1.82, 2.24) is 4.98 Å². The van der Waals surface area contributed by atoms with Gasteiger partial charge in [-0.1, -0.05) is 0 Å². The van der Waals surface area contributed by atoms with Gasteiger partial charge in [0, 0.05) is 31.5 Å². The van der Waals surface area contributed by atoms with Gasteiger partial charge in [-0.15, -0.1) is 0 Å². The molecular weight excluding hydrogens is 478 g/mol. The van der Waals surface area contributed by atoms with E-state index in [1.165, 1.54) is 18.5 Å². The summed E-state index contributed by atoms with van der Waals surface area (Å²) in [7, 11) is -3.74. The topological polar surface area (TPSA) is 85.1 Å². The van der Waals surface area contributed by atoms with Gasteiger partial charge in [0.25, 0.3) is 10.0 Å². The van der Waals surface area contributed by atoms with Crippen molar-refractivity contribution in [1.29, 1.82) is 0 Å². The fourth-order valence-corrected chi connectivity index (χ4v) is 4.71. The van der Waals surface area contributed by atoms with Gasteiger partial charge in [-0.3, -0.25) is 9.71 Å². The monoisotopic (exact) mass is 483 g/mol. The van der Waals surface area contributed by atoms with Crippen LogP contribution in [0.3, 0.4) is 0 Å². The first-order valence-corrected chi connectivity index (χ1v) is 9.04. The van der Waals surface area contributed by atoms with Gasteiger partial charge in [0.15, 0.2) is 0 Å². The molecule has 0 saturated carbocycles. The van der Waals surface area contributed by atoms with Crippen LogP contribution in [-0.4, -0.2) is 13.4 Å². The van der Waals surface area contributed by atoms with Crippen LogP contribution >= 0.6 is 47.8 Å². The average Bonchev–Trinajstić information content (AvgIpc) is 2.34. The molecule has 0 aliphatic carbocycles. The van der Waals surface area contributed by atoms with Crippen molar-refractivity contribution in [2.75, 3.05) is 10.5 Å². The SMILES string of the molecule is Nc1cc(Br)c(NS(=O)(=O)c2cncc(Br)c2)c(Br)c1. The van der Waals surface area contributed by atoms with Crippen LogP contribution in [0.25, 0.3) is 0 Å². The summed E-state index contributed by atoms with van der Waals surface area (Å²) in [6.45, 7) is 0. The van der Waals surface area contributed by atoms with Crippen molar-refractivity contribution in [3.8, 4) is 0 Å². The number of nitrogens with two attached hydrogens (primary N) is 1. The normalized spacial score (nSPS) is 11.3. The van der Waals surface area contributed by atoms with Crippen LogP contribution in [-0.2, 0) is 10.0 Å². The molecule has 0 unspecified atom stereocenters. The smallest absolute Gasteiger partial charge is 0.263 e. The summed E-state index contributed by atoms with van der Waals surface area (Å²) in [6, 6.07) is 4.69. The fraction of sp³-hybridized carbons (Fsp3) is 0. The summed E-state index contributed by atoms with van der Waals surface area (Å²) in [5.74, 6) is 0. The predicted octanol–water partition coefficient (Wildman–Crippen LogP) is 3.75. The first-order valence-electron chi connectivity index (χ1n) is 5.17. The summed E-state index contributed by atoms with van der Waals surface area (Å²) in [5.41, 5.74) is 6.55. The quantitative estimate of drug-likeness (QED) is 0.648. The Hall–Kier alpha value is -0.640. The molecule has 0 saturated heterocycles. The van der Waals surface area contributed by atoms with Crippen molar-refractivity contribution >= 4 is 69.2 Å². The molecule has 9 heteroatoms. The molecular formula is C11H8Br3N3O2S. The maximum absolute atomic E-state index is 12.3. The molecule has 0 spiro atoms. The first kappa shape index (κ1) is 15.7. The van der Waals surface area contributed by atoms with E-state index in [0.29, 0.717) is 24.8 Å². The molecule has 0 atom stereocenters. The van der Waals surface area contributed by atoms with Gasteiger partial charge in [-0.2, -0.15) is 0 Å². The van der Waals surface area contributed by atoms with Crippen molar-refractivity contribution in [2.24, 2.45) is 0 Å². The van der Waals surface area contributed by atoms with Crippen LogP contribution < -0.4 is 10.5 Å². The molecule has 20 heavy (non-hydrogen) atoms. The zero-order valence-electron chi connectivity index (χ0n) is 9.77. The van der Waals surface area contributed by atoms with Crippen LogP contribution in [0, 0.1) is 0 Å². The van der Waals surface area contributed by atoms with E-state index in [1.54, 1.807) is 12.1 Å². The predicted molar refractivity (Wildman–Crippen MR) is 89.0 cm³/mol. The van der Waals surface area contributed by atoms with Gasteiger partial charge in [0.2, 0.25) is 0 Å². The highest BCUT2D eigenvalue weighted by molar-refractivity contribution is 9.11. The minimum Gasteiger partial charge on any atom is -0.399 e. The summed E-state index contributed by atoms with van der Waals surface area (Å²) in [6.07, 6.45) is 2.78. The van der Waals surface area contributed by atoms with E-state index in [-0.39, 0.29) is 4.90 Å². The molecule has 1 aromatic heterocycles.